The van der Waals surface area contributed by atoms with Crippen molar-refractivity contribution in [2.75, 3.05) is 31.1 Å². The van der Waals surface area contributed by atoms with Gasteiger partial charge in [-0.05, 0) is 56.2 Å². The first-order valence-corrected chi connectivity index (χ1v) is 9.91. The van der Waals surface area contributed by atoms with Gasteiger partial charge in [-0.2, -0.15) is 0 Å². The minimum absolute atomic E-state index is 0.169. The molecule has 6 heteroatoms. The number of hydrogen-bond acceptors (Lipinski definition) is 3. The number of halogens is 1. The minimum atomic E-state index is -1.16. The molecular formula is C23H28FN3O2. The third-order valence-electron chi connectivity index (χ3n) is 5.40. The molecule has 5 nitrogen and oxygen atoms in total. The molecule has 2 aromatic rings. The summed E-state index contributed by atoms with van der Waals surface area (Å²) in [6, 6.07) is 14.3. The number of rotatable bonds is 5. The van der Waals surface area contributed by atoms with Crippen LogP contribution in [0.1, 0.15) is 25.0 Å². The van der Waals surface area contributed by atoms with Crippen LogP contribution in [0.3, 0.4) is 0 Å². The Kier molecular flexibility index (Phi) is 6.20. The fourth-order valence-corrected chi connectivity index (χ4v) is 3.49. The van der Waals surface area contributed by atoms with E-state index in [0.717, 1.165) is 24.3 Å². The van der Waals surface area contributed by atoms with E-state index in [-0.39, 0.29) is 24.2 Å². The lowest BCUT2D eigenvalue weighted by atomic mass is 9.89. The highest BCUT2D eigenvalue weighted by molar-refractivity contribution is 6.04. The zero-order valence-electron chi connectivity index (χ0n) is 17.2. The van der Waals surface area contributed by atoms with Gasteiger partial charge in [0.05, 0.1) is 0 Å². The fraction of sp³-hybridized carbons (Fsp3) is 0.391. The number of carbonyl (C=O) groups excluding carboxylic acids is 2. The average molecular weight is 397 g/mol. The van der Waals surface area contributed by atoms with Gasteiger partial charge in [0.15, 0.2) is 0 Å². The van der Waals surface area contributed by atoms with Crippen molar-refractivity contribution in [3.8, 4) is 0 Å². The topological polar surface area (TPSA) is 52.7 Å². The molecule has 1 aliphatic rings. The summed E-state index contributed by atoms with van der Waals surface area (Å²) in [6.07, 6.45) is 0. The highest BCUT2D eigenvalue weighted by Crippen LogP contribution is 2.23. The molecule has 1 heterocycles. The van der Waals surface area contributed by atoms with Crippen LogP contribution in [0.25, 0.3) is 0 Å². The van der Waals surface area contributed by atoms with Gasteiger partial charge in [-0.1, -0.05) is 24.3 Å². The van der Waals surface area contributed by atoms with Crippen molar-refractivity contribution in [2.45, 2.75) is 27.3 Å². The van der Waals surface area contributed by atoms with Crippen molar-refractivity contribution in [1.82, 2.24) is 10.2 Å². The molecule has 1 aliphatic heterocycles. The lowest BCUT2D eigenvalue weighted by Gasteiger charge is -2.39. The number of nitrogens with one attached hydrogen (secondary N) is 1. The third-order valence-corrected chi connectivity index (χ3v) is 5.40. The summed E-state index contributed by atoms with van der Waals surface area (Å²) in [5, 5.41) is 2.80. The molecular weight excluding hydrogens is 369 g/mol. The monoisotopic (exact) mass is 397 g/mol. The number of benzene rings is 2. The van der Waals surface area contributed by atoms with Crippen LogP contribution in [0, 0.1) is 18.2 Å². The van der Waals surface area contributed by atoms with E-state index in [1.807, 2.05) is 6.07 Å². The Hall–Kier alpha value is -2.89. The predicted molar refractivity (Wildman–Crippen MR) is 112 cm³/mol. The van der Waals surface area contributed by atoms with E-state index >= 15 is 0 Å². The number of aryl methyl sites for hydroxylation is 1. The molecule has 0 unspecified atom stereocenters. The number of hydrogen-bond donors (Lipinski definition) is 1. The number of nitrogens with zero attached hydrogens (tertiary/aromatic N) is 2. The number of amides is 2. The van der Waals surface area contributed by atoms with Gasteiger partial charge >= 0.3 is 0 Å². The van der Waals surface area contributed by atoms with E-state index in [1.54, 1.807) is 30.9 Å². The van der Waals surface area contributed by atoms with Crippen LogP contribution in [-0.2, 0) is 16.1 Å². The molecule has 1 saturated heterocycles. The van der Waals surface area contributed by atoms with Crippen LogP contribution < -0.4 is 10.2 Å². The quantitative estimate of drug-likeness (QED) is 0.789. The van der Waals surface area contributed by atoms with E-state index in [9.17, 15) is 14.0 Å². The van der Waals surface area contributed by atoms with Gasteiger partial charge in [0, 0.05) is 38.4 Å². The summed E-state index contributed by atoms with van der Waals surface area (Å²) >= 11 is 0. The first kappa shape index (κ1) is 20.8. The van der Waals surface area contributed by atoms with Crippen LogP contribution in [0.5, 0.6) is 0 Å². The summed E-state index contributed by atoms with van der Waals surface area (Å²) in [5.41, 5.74) is 1.99. The molecule has 1 N–H and O–H groups in total. The number of piperazine rings is 1. The van der Waals surface area contributed by atoms with Gasteiger partial charge in [0.2, 0.25) is 11.8 Å². The van der Waals surface area contributed by atoms with Gasteiger partial charge in [-0.15, -0.1) is 0 Å². The highest BCUT2D eigenvalue weighted by Gasteiger charge is 2.39. The van der Waals surface area contributed by atoms with Crippen molar-refractivity contribution >= 4 is 17.5 Å². The van der Waals surface area contributed by atoms with Gasteiger partial charge in [0.25, 0.3) is 0 Å². The summed E-state index contributed by atoms with van der Waals surface area (Å²) in [7, 11) is 0. The molecule has 154 valence electrons. The van der Waals surface area contributed by atoms with Crippen molar-refractivity contribution in [3.05, 3.63) is 65.5 Å². The summed E-state index contributed by atoms with van der Waals surface area (Å²) < 4.78 is 13.0. The van der Waals surface area contributed by atoms with Crippen molar-refractivity contribution in [2.24, 2.45) is 5.41 Å². The van der Waals surface area contributed by atoms with Crippen LogP contribution in [-0.4, -0.2) is 42.9 Å². The molecule has 0 aliphatic carbocycles. The smallest absolute Gasteiger partial charge is 0.237 e. The van der Waals surface area contributed by atoms with Crippen molar-refractivity contribution in [3.63, 3.8) is 0 Å². The van der Waals surface area contributed by atoms with E-state index in [4.69, 9.17) is 0 Å². The first-order chi connectivity index (χ1) is 13.8. The van der Waals surface area contributed by atoms with Crippen LogP contribution in [0.2, 0.25) is 0 Å². The summed E-state index contributed by atoms with van der Waals surface area (Å²) in [4.78, 5) is 29.7. The molecule has 2 amide bonds. The van der Waals surface area contributed by atoms with Gasteiger partial charge in [0.1, 0.15) is 11.2 Å². The summed E-state index contributed by atoms with van der Waals surface area (Å²) in [5.74, 6) is -0.814. The molecule has 0 atom stereocenters. The maximum atomic E-state index is 13.0. The Morgan fingerprint density at radius 1 is 1.03 bits per heavy atom. The van der Waals surface area contributed by atoms with E-state index in [2.05, 4.69) is 35.3 Å². The molecule has 0 spiro atoms. The normalized spacial score (nSPS) is 14.6. The molecule has 1 fully saturated rings. The van der Waals surface area contributed by atoms with Gasteiger partial charge in [-0.3, -0.25) is 9.59 Å². The highest BCUT2D eigenvalue weighted by atomic mass is 19.1. The third kappa shape index (κ3) is 4.94. The predicted octanol–water partition coefficient (Wildman–Crippen LogP) is 3.13. The fourth-order valence-electron chi connectivity index (χ4n) is 3.49. The van der Waals surface area contributed by atoms with Gasteiger partial charge in [-0.25, -0.2) is 4.39 Å². The van der Waals surface area contributed by atoms with Crippen LogP contribution >= 0.6 is 0 Å². The standard InChI is InChI=1S/C23H28FN3O2/c1-17-5-4-6-20(15-17)26-11-13-27(14-12-26)22(29)23(2,3)21(28)25-16-18-7-9-19(24)10-8-18/h4-10,15H,11-14,16H2,1-3H3,(H,25,28). The Labute approximate surface area is 171 Å². The molecule has 0 bridgehead atoms. The SMILES string of the molecule is Cc1cccc(N2CCN(C(=O)C(C)(C)C(=O)NCc3ccc(F)cc3)CC2)c1. The summed E-state index contributed by atoms with van der Waals surface area (Å²) in [6.45, 7) is 8.28. The first-order valence-electron chi connectivity index (χ1n) is 9.91. The van der Waals surface area contributed by atoms with Crippen molar-refractivity contribution in [1.29, 1.82) is 0 Å². The Bertz CT molecular complexity index is 872. The average Bonchev–Trinajstić information content (AvgIpc) is 2.72. The molecule has 29 heavy (non-hydrogen) atoms. The molecule has 3 rings (SSSR count). The Balaban J connectivity index is 1.55. The molecule has 0 aromatic heterocycles. The zero-order chi connectivity index (χ0) is 21.0. The largest absolute Gasteiger partial charge is 0.368 e. The van der Waals surface area contributed by atoms with E-state index in [0.29, 0.717) is 13.1 Å². The van der Waals surface area contributed by atoms with Crippen LogP contribution in [0.4, 0.5) is 10.1 Å². The van der Waals surface area contributed by atoms with Gasteiger partial charge < -0.3 is 15.1 Å². The number of carbonyl (C=O) groups is 2. The van der Waals surface area contributed by atoms with E-state index in [1.165, 1.54) is 17.7 Å². The van der Waals surface area contributed by atoms with E-state index < -0.39 is 5.41 Å². The Morgan fingerprint density at radius 2 is 1.69 bits per heavy atom. The lowest BCUT2D eigenvalue weighted by Crippen LogP contribution is -2.55. The number of anilines is 1. The maximum Gasteiger partial charge on any atom is 0.237 e. The second-order valence-electron chi connectivity index (χ2n) is 8.05. The molecule has 0 saturated carbocycles. The second-order valence-corrected chi connectivity index (χ2v) is 8.05. The van der Waals surface area contributed by atoms with Crippen molar-refractivity contribution < 1.29 is 14.0 Å². The zero-order valence-corrected chi connectivity index (χ0v) is 17.2. The molecule has 2 aromatic carbocycles. The lowest BCUT2D eigenvalue weighted by molar-refractivity contribution is -0.148. The van der Waals surface area contributed by atoms with Crippen LogP contribution in [0.15, 0.2) is 48.5 Å². The second kappa shape index (κ2) is 8.64. The minimum Gasteiger partial charge on any atom is -0.368 e. The molecule has 0 radical (unpaired) electrons. The maximum absolute atomic E-state index is 13.0. The Morgan fingerprint density at radius 3 is 2.31 bits per heavy atom.